The highest BCUT2D eigenvalue weighted by molar-refractivity contribution is 9.11. The first-order valence-electron chi connectivity index (χ1n) is 6.39. The fourth-order valence-electron chi connectivity index (χ4n) is 1.76. The van der Waals surface area contributed by atoms with E-state index in [4.69, 9.17) is 4.74 Å². The molecule has 5 heteroatoms. The number of hydrogen-bond acceptors (Lipinski definition) is 3. The lowest BCUT2D eigenvalue weighted by Crippen LogP contribution is -2.12. The van der Waals surface area contributed by atoms with Gasteiger partial charge in [0.1, 0.15) is 5.75 Å². The molecule has 1 heterocycles. The average Bonchev–Trinajstić information content (AvgIpc) is 2.42. The van der Waals surface area contributed by atoms with Gasteiger partial charge in [0.25, 0.3) is 0 Å². The van der Waals surface area contributed by atoms with E-state index in [1.165, 1.54) is 0 Å². The standard InChI is InChI=1S/C15H16Br2N2O/c1-3-18-8-11-6-10(2)15(19-9-11)20-14-5-4-12(16)7-13(14)17/h4-7,9,18H,3,8H2,1-2H3. The molecular weight excluding hydrogens is 384 g/mol. The van der Waals surface area contributed by atoms with E-state index < -0.39 is 0 Å². The zero-order chi connectivity index (χ0) is 14.5. The zero-order valence-electron chi connectivity index (χ0n) is 11.4. The molecule has 0 spiro atoms. The highest BCUT2D eigenvalue weighted by Gasteiger charge is 2.07. The third-order valence-electron chi connectivity index (χ3n) is 2.77. The number of halogens is 2. The van der Waals surface area contributed by atoms with Gasteiger partial charge in [0.05, 0.1) is 4.47 Å². The molecule has 0 amide bonds. The molecule has 0 aliphatic heterocycles. The second kappa shape index (κ2) is 7.20. The summed E-state index contributed by atoms with van der Waals surface area (Å²) in [6.07, 6.45) is 1.84. The Labute approximate surface area is 136 Å². The Kier molecular flexibility index (Phi) is 5.57. The Balaban J connectivity index is 2.17. The number of pyridine rings is 1. The van der Waals surface area contributed by atoms with Crippen LogP contribution in [0.1, 0.15) is 18.1 Å². The van der Waals surface area contributed by atoms with Crippen LogP contribution < -0.4 is 10.1 Å². The van der Waals surface area contributed by atoms with Crippen molar-refractivity contribution in [3.05, 3.63) is 50.5 Å². The summed E-state index contributed by atoms with van der Waals surface area (Å²) in [4.78, 5) is 4.40. The van der Waals surface area contributed by atoms with Gasteiger partial charge in [-0.15, -0.1) is 0 Å². The van der Waals surface area contributed by atoms with Gasteiger partial charge >= 0.3 is 0 Å². The molecule has 0 unspecified atom stereocenters. The van der Waals surface area contributed by atoms with Crippen molar-refractivity contribution in [3.63, 3.8) is 0 Å². The molecule has 0 saturated carbocycles. The van der Waals surface area contributed by atoms with Gasteiger partial charge in [0, 0.05) is 22.8 Å². The van der Waals surface area contributed by atoms with Crippen molar-refractivity contribution in [3.8, 4) is 11.6 Å². The monoisotopic (exact) mass is 398 g/mol. The number of aryl methyl sites for hydroxylation is 1. The first-order chi connectivity index (χ1) is 9.60. The van der Waals surface area contributed by atoms with Crippen LogP contribution in [0.2, 0.25) is 0 Å². The van der Waals surface area contributed by atoms with E-state index in [1.54, 1.807) is 0 Å². The van der Waals surface area contributed by atoms with E-state index >= 15 is 0 Å². The first-order valence-corrected chi connectivity index (χ1v) is 7.98. The number of nitrogens with one attached hydrogen (secondary N) is 1. The zero-order valence-corrected chi connectivity index (χ0v) is 14.6. The van der Waals surface area contributed by atoms with Crippen molar-refractivity contribution >= 4 is 31.9 Å². The van der Waals surface area contributed by atoms with Gasteiger partial charge in [-0.25, -0.2) is 4.98 Å². The van der Waals surface area contributed by atoms with Crippen LogP contribution in [0.25, 0.3) is 0 Å². The lowest BCUT2D eigenvalue weighted by molar-refractivity contribution is 0.455. The molecule has 2 rings (SSSR count). The number of aromatic nitrogens is 1. The Morgan fingerprint density at radius 1 is 1.25 bits per heavy atom. The first kappa shape index (κ1) is 15.5. The van der Waals surface area contributed by atoms with Gasteiger partial charge in [0.15, 0.2) is 0 Å². The smallest absolute Gasteiger partial charge is 0.222 e. The van der Waals surface area contributed by atoms with Crippen LogP contribution >= 0.6 is 31.9 Å². The second-order valence-corrected chi connectivity index (χ2v) is 6.19. The molecule has 20 heavy (non-hydrogen) atoms. The summed E-state index contributed by atoms with van der Waals surface area (Å²) >= 11 is 6.91. The number of rotatable bonds is 5. The van der Waals surface area contributed by atoms with Crippen molar-refractivity contribution in [2.24, 2.45) is 0 Å². The normalized spacial score (nSPS) is 10.6. The fraction of sp³-hybridized carbons (Fsp3) is 0.267. The SMILES string of the molecule is CCNCc1cnc(Oc2ccc(Br)cc2Br)c(C)c1. The molecule has 0 aliphatic carbocycles. The fourth-order valence-corrected chi connectivity index (χ4v) is 2.88. The van der Waals surface area contributed by atoms with E-state index in [0.29, 0.717) is 5.88 Å². The summed E-state index contributed by atoms with van der Waals surface area (Å²) in [7, 11) is 0. The predicted molar refractivity (Wildman–Crippen MR) is 88.3 cm³/mol. The van der Waals surface area contributed by atoms with Crippen LogP contribution in [-0.2, 0) is 6.54 Å². The molecule has 0 fully saturated rings. The minimum absolute atomic E-state index is 0.633. The van der Waals surface area contributed by atoms with Gasteiger partial charge in [-0.05, 0) is 59.2 Å². The third-order valence-corrected chi connectivity index (χ3v) is 3.88. The van der Waals surface area contributed by atoms with Gasteiger partial charge in [-0.3, -0.25) is 0 Å². The molecule has 106 valence electrons. The molecule has 1 N–H and O–H groups in total. The lowest BCUT2D eigenvalue weighted by atomic mass is 10.2. The van der Waals surface area contributed by atoms with Crippen LogP contribution in [0.5, 0.6) is 11.6 Å². The van der Waals surface area contributed by atoms with Crippen LogP contribution in [0.4, 0.5) is 0 Å². The Morgan fingerprint density at radius 3 is 2.70 bits per heavy atom. The minimum Gasteiger partial charge on any atom is -0.438 e. The summed E-state index contributed by atoms with van der Waals surface area (Å²) in [5.74, 6) is 1.39. The van der Waals surface area contributed by atoms with Crippen molar-refractivity contribution in [2.45, 2.75) is 20.4 Å². The molecule has 0 saturated heterocycles. The summed E-state index contributed by atoms with van der Waals surface area (Å²) in [6.45, 7) is 5.86. The van der Waals surface area contributed by atoms with Crippen molar-refractivity contribution in [2.75, 3.05) is 6.54 Å². The van der Waals surface area contributed by atoms with Crippen molar-refractivity contribution in [1.82, 2.24) is 10.3 Å². The predicted octanol–water partition coefficient (Wildman–Crippen LogP) is 4.82. The third kappa shape index (κ3) is 4.04. The molecule has 0 atom stereocenters. The summed E-state index contributed by atoms with van der Waals surface area (Å²) in [5, 5.41) is 3.28. The van der Waals surface area contributed by atoms with Crippen LogP contribution in [0, 0.1) is 6.92 Å². The van der Waals surface area contributed by atoms with Crippen molar-refractivity contribution in [1.29, 1.82) is 0 Å². The Morgan fingerprint density at radius 2 is 2.05 bits per heavy atom. The number of nitrogens with zero attached hydrogens (tertiary/aromatic N) is 1. The van der Waals surface area contributed by atoms with Crippen LogP contribution in [0.3, 0.4) is 0 Å². The van der Waals surface area contributed by atoms with Gasteiger partial charge < -0.3 is 10.1 Å². The maximum absolute atomic E-state index is 5.86. The Bertz CT molecular complexity index is 602. The highest BCUT2D eigenvalue weighted by Crippen LogP contribution is 2.32. The molecule has 3 nitrogen and oxygen atoms in total. The molecular formula is C15H16Br2N2O. The van der Waals surface area contributed by atoms with E-state index in [0.717, 1.165) is 38.9 Å². The van der Waals surface area contributed by atoms with Crippen LogP contribution in [0.15, 0.2) is 39.4 Å². The molecule has 2 aromatic rings. The van der Waals surface area contributed by atoms with Crippen molar-refractivity contribution < 1.29 is 4.74 Å². The largest absolute Gasteiger partial charge is 0.438 e. The van der Waals surface area contributed by atoms with Gasteiger partial charge in [-0.2, -0.15) is 0 Å². The molecule has 1 aromatic carbocycles. The summed E-state index contributed by atoms with van der Waals surface area (Å²) in [5.41, 5.74) is 2.18. The minimum atomic E-state index is 0.633. The second-order valence-electron chi connectivity index (χ2n) is 4.42. The summed E-state index contributed by atoms with van der Waals surface area (Å²) < 4.78 is 7.75. The number of ether oxygens (including phenoxy) is 1. The van der Waals surface area contributed by atoms with Gasteiger partial charge in [-0.1, -0.05) is 22.9 Å². The topological polar surface area (TPSA) is 34.2 Å². The average molecular weight is 400 g/mol. The molecule has 0 aliphatic rings. The number of benzene rings is 1. The maximum Gasteiger partial charge on any atom is 0.222 e. The lowest BCUT2D eigenvalue weighted by Gasteiger charge is -2.11. The van der Waals surface area contributed by atoms with E-state index in [9.17, 15) is 0 Å². The van der Waals surface area contributed by atoms with E-state index in [-0.39, 0.29) is 0 Å². The van der Waals surface area contributed by atoms with Gasteiger partial charge in [0.2, 0.25) is 5.88 Å². The quantitative estimate of drug-likeness (QED) is 0.782. The summed E-state index contributed by atoms with van der Waals surface area (Å²) in [6, 6.07) is 7.89. The van der Waals surface area contributed by atoms with E-state index in [2.05, 4.69) is 55.2 Å². The molecule has 1 aromatic heterocycles. The Hall–Kier alpha value is -0.910. The highest BCUT2D eigenvalue weighted by atomic mass is 79.9. The maximum atomic E-state index is 5.86. The molecule has 0 bridgehead atoms. The molecule has 0 radical (unpaired) electrons. The van der Waals surface area contributed by atoms with E-state index in [1.807, 2.05) is 31.3 Å². The number of hydrogen-bond donors (Lipinski definition) is 1. The van der Waals surface area contributed by atoms with Crippen LogP contribution in [-0.4, -0.2) is 11.5 Å².